The predicted octanol–water partition coefficient (Wildman–Crippen LogP) is 4.10. The average Bonchev–Trinajstić information content (AvgIpc) is 3.04. The Morgan fingerprint density at radius 3 is 2.64 bits per heavy atom. The quantitative estimate of drug-likeness (QED) is 0.507. The van der Waals surface area contributed by atoms with E-state index in [1.54, 1.807) is 60.9 Å². The first kappa shape index (κ1) is 22.7. The van der Waals surface area contributed by atoms with Gasteiger partial charge in [-0.05, 0) is 39.3 Å². The molecule has 0 aliphatic heterocycles. The maximum absolute atomic E-state index is 11.9. The molecule has 1 aromatic carbocycles. The third kappa shape index (κ3) is 5.93. The number of carbonyl (C=O) groups is 1. The Bertz CT molecular complexity index is 817. The average molecular weight is 429 g/mol. The van der Waals surface area contributed by atoms with Gasteiger partial charge in [0.1, 0.15) is 12.1 Å². The Morgan fingerprint density at radius 1 is 1.32 bits per heavy atom. The predicted molar refractivity (Wildman–Crippen MR) is 108 cm³/mol. The largest absolute Gasteiger partial charge is 0.431 e. The van der Waals surface area contributed by atoms with Crippen LogP contribution in [0, 0.1) is 5.41 Å². The molecule has 2 rings (SSSR count). The van der Waals surface area contributed by atoms with Crippen LogP contribution in [0.15, 0.2) is 30.9 Å². The molecule has 8 heteroatoms. The van der Waals surface area contributed by atoms with Gasteiger partial charge in [-0.2, -0.15) is 0 Å². The minimum Gasteiger partial charge on any atom is -0.431 e. The third-order valence-corrected chi connectivity index (χ3v) is 4.93. The Balaban J connectivity index is 2.17. The van der Waals surface area contributed by atoms with Crippen LogP contribution in [0.3, 0.4) is 0 Å². The van der Waals surface area contributed by atoms with Gasteiger partial charge in [0, 0.05) is 20.7 Å². The highest BCUT2D eigenvalue weighted by Gasteiger charge is 2.34. The van der Waals surface area contributed by atoms with Crippen molar-refractivity contribution in [3.8, 4) is 0 Å². The van der Waals surface area contributed by atoms with E-state index in [9.17, 15) is 9.90 Å². The summed E-state index contributed by atoms with van der Waals surface area (Å²) in [5.41, 5.74) is -1.14. The van der Waals surface area contributed by atoms with Crippen LogP contribution in [0.2, 0.25) is 10.0 Å². The molecule has 1 atom stereocenters. The second-order valence-electron chi connectivity index (χ2n) is 8.03. The summed E-state index contributed by atoms with van der Waals surface area (Å²) in [6.45, 7) is 7.74. The van der Waals surface area contributed by atoms with Gasteiger partial charge in [0.05, 0.1) is 5.41 Å². The number of hydrogen-bond donors (Lipinski definition) is 1. The topological polar surface area (TPSA) is 68.2 Å². The lowest BCUT2D eigenvalue weighted by atomic mass is 9.88. The maximum atomic E-state index is 11.9. The molecule has 0 aliphatic carbocycles. The lowest BCUT2D eigenvalue weighted by Crippen LogP contribution is -2.37. The van der Waals surface area contributed by atoms with Gasteiger partial charge < -0.3 is 9.84 Å². The van der Waals surface area contributed by atoms with Crippen molar-refractivity contribution in [3.63, 3.8) is 0 Å². The third-order valence-electron chi connectivity index (χ3n) is 4.39. The van der Waals surface area contributed by atoms with Gasteiger partial charge in [0.2, 0.25) is 13.1 Å². The van der Waals surface area contributed by atoms with E-state index in [4.69, 9.17) is 27.9 Å². The molecule has 1 unspecified atom stereocenters. The molecule has 0 fully saturated rings. The Morgan fingerprint density at radius 2 is 2.04 bits per heavy atom. The van der Waals surface area contributed by atoms with E-state index in [1.165, 1.54) is 0 Å². The van der Waals surface area contributed by atoms with Crippen LogP contribution in [-0.2, 0) is 28.4 Å². The molecule has 28 heavy (non-hydrogen) atoms. The number of aliphatic hydroxyl groups is 1. The van der Waals surface area contributed by atoms with E-state index < -0.39 is 11.0 Å². The summed E-state index contributed by atoms with van der Waals surface area (Å²) in [5, 5.41) is 16.6. The minimum absolute atomic E-state index is 0.0607. The molecule has 0 spiro atoms. The number of ether oxygens (including phenoxy) is 1. The van der Waals surface area contributed by atoms with E-state index in [-0.39, 0.29) is 19.2 Å². The van der Waals surface area contributed by atoms with Gasteiger partial charge in [-0.3, -0.25) is 4.79 Å². The van der Waals surface area contributed by atoms with E-state index in [2.05, 4.69) is 12.0 Å². The molecular formula is C20H28Cl2N3O3+. The Labute approximate surface area is 176 Å². The number of nitrogens with zero attached hydrogens (tertiary/aromatic N) is 3. The van der Waals surface area contributed by atoms with Crippen molar-refractivity contribution in [2.75, 3.05) is 0 Å². The maximum Gasteiger partial charge on any atom is 0.313 e. The molecule has 0 bridgehead atoms. The molecule has 1 heterocycles. The summed E-state index contributed by atoms with van der Waals surface area (Å²) in [4.78, 5) is 11.9. The molecular weight excluding hydrogens is 401 g/mol. The van der Waals surface area contributed by atoms with Crippen molar-refractivity contribution < 1.29 is 19.2 Å². The highest BCUT2D eigenvalue weighted by Crippen LogP contribution is 2.35. The van der Waals surface area contributed by atoms with Gasteiger partial charge in [0.25, 0.3) is 6.33 Å². The van der Waals surface area contributed by atoms with Crippen molar-refractivity contribution in [2.24, 2.45) is 5.41 Å². The monoisotopic (exact) mass is 428 g/mol. The first-order chi connectivity index (χ1) is 13.0. The number of rotatable bonds is 8. The first-order valence-corrected chi connectivity index (χ1v) is 10.1. The fraction of sp³-hybridized carbons (Fsp3) is 0.550. The zero-order valence-corrected chi connectivity index (χ0v) is 18.3. The summed E-state index contributed by atoms with van der Waals surface area (Å²) in [6, 6.07) is 5.10. The summed E-state index contributed by atoms with van der Waals surface area (Å²) in [7, 11) is 0. The molecule has 154 valence electrons. The second-order valence-corrected chi connectivity index (χ2v) is 8.87. The molecule has 0 radical (unpaired) electrons. The van der Waals surface area contributed by atoms with Crippen LogP contribution in [0.5, 0.6) is 0 Å². The molecule has 0 aliphatic rings. The molecule has 0 saturated carbocycles. The number of aromatic nitrogens is 3. The van der Waals surface area contributed by atoms with Gasteiger partial charge >= 0.3 is 5.97 Å². The fourth-order valence-electron chi connectivity index (χ4n) is 2.76. The Hall–Kier alpha value is -1.63. The van der Waals surface area contributed by atoms with E-state index in [0.29, 0.717) is 22.0 Å². The highest BCUT2D eigenvalue weighted by molar-refractivity contribution is 6.35. The van der Waals surface area contributed by atoms with Crippen molar-refractivity contribution in [1.82, 2.24) is 9.78 Å². The Kier molecular flexibility index (Phi) is 7.48. The standard InChI is InChI=1S/C20H28Cl2N3O3/c1-5-6-9-20(27,16-8-7-15(21)10-17(16)22)11-25-13-24(12-23-25)14-28-18(26)19(2,3)4/h7-8,10,12-13,27H,5-6,9,11,14H2,1-4H3/q+1. The van der Waals surface area contributed by atoms with Crippen LogP contribution in [0.25, 0.3) is 0 Å². The van der Waals surface area contributed by atoms with E-state index >= 15 is 0 Å². The van der Waals surface area contributed by atoms with Gasteiger partial charge in [-0.25, -0.2) is 4.57 Å². The SMILES string of the molecule is CCCCC(O)(Cn1c[n+](COC(=O)C(C)(C)C)cn1)c1ccc(Cl)cc1Cl. The smallest absolute Gasteiger partial charge is 0.313 e. The van der Waals surface area contributed by atoms with Crippen molar-refractivity contribution in [1.29, 1.82) is 0 Å². The molecule has 0 amide bonds. The van der Waals surface area contributed by atoms with Gasteiger partial charge in [0.15, 0.2) is 0 Å². The summed E-state index contributed by atoms with van der Waals surface area (Å²) in [5.74, 6) is -0.292. The lowest BCUT2D eigenvalue weighted by Gasteiger charge is -2.27. The summed E-state index contributed by atoms with van der Waals surface area (Å²) < 4.78 is 8.55. The first-order valence-electron chi connectivity index (χ1n) is 9.32. The number of benzene rings is 1. The molecule has 1 aromatic heterocycles. The van der Waals surface area contributed by atoms with Gasteiger partial charge in [-0.15, -0.1) is 4.68 Å². The number of esters is 1. The van der Waals surface area contributed by atoms with Crippen LogP contribution in [-0.4, -0.2) is 20.9 Å². The molecule has 2 aromatic rings. The number of hydrogen-bond acceptors (Lipinski definition) is 4. The number of unbranched alkanes of at least 4 members (excludes halogenated alkanes) is 1. The van der Waals surface area contributed by atoms with Gasteiger partial charge in [-0.1, -0.05) is 49.0 Å². The molecule has 6 nitrogen and oxygen atoms in total. The molecule has 0 saturated heterocycles. The summed E-state index contributed by atoms with van der Waals surface area (Å²) in [6.07, 6.45) is 5.55. The van der Waals surface area contributed by atoms with Crippen LogP contribution < -0.4 is 4.57 Å². The fourth-order valence-corrected chi connectivity index (χ4v) is 3.35. The second kappa shape index (κ2) is 9.25. The van der Waals surface area contributed by atoms with Crippen LogP contribution >= 0.6 is 23.2 Å². The highest BCUT2D eigenvalue weighted by atomic mass is 35.5. The minimum atomic E-state index is -1.19. The normalized spacial score (nSPS) is 14.0. The van der Waals surface area contributed by atoms with E-state index in [0.717, 1.165) is 12.8 Å². The van der Waals surface area contributed by atoms with Crippen LogP contribution in [0.1, 0.15) is 52.5 Å². The number of halogens is 2. The summed E-state index contributed by atoms with van der Waals surface area (Å²) >= 11 is 12.4. The molecule has 1 N–H and O–H groups in total. The van der Waals surface area contributed by atoms with Crippen molar-refractivity contribution >= 4 is 29.2 Å². The number of carbonyl (C=O) groups excluding carboxylic acids is 1. The van der Waals surface area contributed by atoms with Crippen molar-refractivity contribution in [2.45, 2.75) is 65.8 Å². The van der Waals surface area contributed by atoms with E-state index in [1.807, 2.05) is 0 Å². The van der Waals surface area contributed by atoms with Crippen molar-refractivity contribution in [3.05, 3.63) is 46.5 Å². The van der Waals surface area contributed by atoms with Crippen LogP contribution in [0.4, 0.5) is 0 Å². The zero-order valence-electron chi connectivity index (χ0n) is 16.8. The zero-order chi connectivity index (χ0) is 20.9. The lowest BCUT2D eigenvalue weighted by molar-refractivity contribution is -0.728.